The van der Waals surface area contributed by atoms with Gasteiger partial charge in [0.2, 0.25) is 5.91 Å². The minimum Gasteiger partial charge on any atom is -0.497 e. The van der Waals surface area contributed by atoms with Gasteiger partial charge in [-0.15, -0.1) is 0 Å². The molecule has 0 aromatic heterocycles. The van der Waals surface area contributed by atoms with Crippen molar-refractivity contribution in [3.05, 3.63) is 29.8 Å². The highest BCUT2D eigenvalue weighted by Crippen LogP contribution is 2.27. The van der Waals surface area contributed by atoms with Gasteiger partial charge < -0.3 is 14.8 Å². The summed E-state index contributed by atoms with van der Waals surface area (Å²) in [5, 5.41) is 3.33. The van der Waals surface area contributed by atoms with Gasteiger partial charge in [0.1, 0.15) is 5.75 Å². The van der Waals surface area contributed by atoms with E-state index in [2.05, 4.69) is 27.2 Å². The van der Waals surface area contributed by atoms with Crippen LogP contribution >= 0.6 is 0 Å². The summed E-state index contributed by atoms with van der Waals surface area (Å²) in [5.41, 5.74) is 1.34. The molecule has 1 amide bonds. The highest BCUT2D eigenvalue weighted by atomic mass is 16.5. The second-order valence-electron chi connectivity index (χ2n) is 8.62. The Hall–Kier alpha value is -1.63. The number of hydrogen-bond acceptors (Lipinski definition) is 5. The first kappa shape index (κ1) is 20.6. The zero-order chi connectivity index (χ0) is 20.1. The monoisotopic (exact) mass is 401 g/mol. The summed E-state index contributed by atoms with van der Waals surface area (Å²) >= 11 is 0. The molecule has 0 bridgehead atoms. The average Bonchev–Trinajstić information content (AvgIpc) is 3.00. The third-order valence-corrected chi connectivity index (χ3v) is 6.76. The Labute approximate surface area is 174 Å². The van der Waals surface area contributed by atoms with Crippen molar-refractivity contribution in [2.24, 2.45) is 0 Å². The number of amides is 1. The van der Waals surface area contributed by atoms with E-state index in [1.54, 1.807) is 7.11 Å². The van der Waals surface area contributed by atoms with Crippen LogP contribution < -0.4 is 10.1 Å². The second-order valence-corrected chi connectivity index (χ2v) is 8.62. The van der Waals surface area contributed by atoms with E-state index < -0.39 is 0 Å². The van der Waals surface area contributed by atoms with Crippen LogP contribution in [0.3, 0.4) is 0 Å². The molecule has 3 heterocycles. The minimum atomic E-state index is 0.144. The van der Waals surface area contributed by atoms with Crippen LogP contribution in [0, 0.1) is 0 Å². The summed E-state index contributed by atoms with van der Waals surface area (Å²) in [6, 6.07) is 9.26. The fraction of sp³-hybridized carbons (Fsp3) is 0.696. The van der Waals surface area contributed by atoms with Crippen molar-refractivity contribution in [1.29, 1.82) is 0 Å². The molecular formula is C23H35N3O3. The van der Waals surface area contributed by atoms with Crippen LogP contribution in [0.1, 0.15) is 44.1 Å². The molecule has 4 rings (SSSR count). The van der Waals surface area contributed by atoms with E-state index in [9.17, 15) is 4.79 Å². The van der Waals surface area contributed by atoms with Crippen molar-refractivity contribution in [2.45, 2.75) is 63.2 Å². The quantitative estimate of drug-likeness (QED) is 0.821. The van der Waals surface area contributed by atoms with Crippen molar-refractivity contribution in [1.82, 2.24) is 15.1 Å². The lowest BCUT2D eigenvalue weighted by Crippen LogP contribution is -2.60. The molecule has 1 N–H and O–H groups in total. The number of rotatable bonds is 5. The maximum atomic E-state index is 12.6. The smallest absolute Gasteiger partial charge is 0.222 e. The molecule has 3 fully saturated rings. The first-order valence-corrected chi connectivity index (χ1v) is 11.2. The lowest BCUT2D eigenvalue weighted by Gasteiger charge is -2.44. The van der Waals surface area contributed by atoms with E-state index >= 15 is 0 Å². The number of morpholine rings is 1. The maximum absolute atomic E-state index is 12.6. The number of benzene rings is 1. The van der Waals surface area contributed by atoms with Gasteiger partial charge in [-0.05, 0) is 43.4 Å². The zero-order valence-electron chi connectivity index (χ0n) is 17.6. The van der Waals surface area contributed by atoms with E-state index in [0.29, 0.717) is 18.5 Å². The van der Waals surface area contributed by atoms with Crippen LogP contribution in [0.2, 0.25) is 0 Å². The standard InChI is InChI=1S/C23H35N3O3/c1-28-21-8-6-18(7-9-21)15-19-5-3-2-4-10-26(19)22-16-20(17-23(27)24-22)25-11-13-29-14-12-25/h6-9,19-20,22H,2-5,10-17H2,1H3,(H,24,27)/t19-,20?,22?/m1/s1. The molecule has 6 heteroatoms. The predicted molar refractivity (Wildman–Crippen MR) is 113 cm³/mol. The Morgan fingerprint density at radius 3 is 2.66 bits per heavy atom. The van der Waals surface area contributed by atoms with Crippen molar-refractivity contribution >= 4 is 5.91 Å². The topological polar surface area (TPSA) is 54.0 Å². The summed E-state index contributed by atoms with van der Waals surface area (Å²) in [6.07, 6.45) is 7.77. The molecule has 0 radical (unpaired) electrons. The van der Waals surface area contributed by atoms with E-state index in [1.165, 1.54) is 31.2 Å². The lowest BCUT2D eigenvalue weighted by molar-refractivity contribution is -0.129. The molecule has 0 aliphatic carbocycles. The van der Waals surface area contributed by atoms with Gasteiger partial charge in [-0.25, -0.2) is 0 Å². The van der Waals surface area contributed by atoms with Gasteiger partial charge in [-0.1, -0.05) is 25.0 Å². The van der Waals surface area contributed by atoms with Gasteiger partial charge in [-0.2, -0.15) is 0 Å². The Morgan fingerprint density at radius 1 is 1.10 bits per heavy atom. The highest BCUT2D eigenvalue weighted by molar-refractivity contribution is 5.77. The molecule has 3 saturated heterocycles. The third kappa shape index (κ3) is 5.30. The van der Waals surface area contributed by atoms with Crippen LogP contribution in [0.25, 0.3) is 0 Å². The van der Waals surface area contributed by atoms with Crippen LogP contribution in [-0.2, 0) is 16.0 Å². The summed E-state index contributed by atoms with van der Waals surface area (Å²) in [5.74, 6) is 1.10. The van der Waals surface area contributed by atoms with Crippen molar-refractivity contribution in [3.63, 3.8) is 0 Å². The Morgan fingerprint density at radius 2 is 1.90 bits per heavy atom. The van der Waals surface area contributed by atoms with Crippen LogP contribution in [-0.4, -0.2) is 73.9 Å². The van der Waals surface area contributed by atoms with Crippen molar-refractivity contribution < 1.29 is 14.3 Å². The van der Waals surface area contributed by atoms with Gasteiger partial charge in [0, 0.05) is 38.1 Å². The molecule has 1 aromatic carbocycles. The number of piperidine rings is 1. The molecule has 2 unspecified atom stereocenters. The molecule has 160 valence electrons. The van der Waals surface area contributed by atoms with E-state index in [0.717, 1.165) is 51.4 Å². The van der Waals surface area contributed by atoms with E-state index in [1.807, 2.05) is 12.1 Å². The number of ether oxygens (including phenoxy) is 2. The molecule has 3 aliphatic rings. The fourth-order valence-electron chi connectivity index (χ4n) is 5.16. The number of nitrogens with one attached hydrogen (secondary N) is 1. The van der Waals surface area contributed by atoms with Gasteiger partial charge in [0.25, 0.3) is 0 Å². The molecule has 3 aliphatic heterocycles. The van der Waals surface area contributed by atoms with Crippen LogP contribution in [0.4, 0.5) is 0 Å². The summed E-state index contributed by atoms with van der Waals surface area (Å²) in [6.45, 7) is 4.53. The number of nitrogens with zero attached hydrogens (tertiary/aromatic N) is 2. The van der Waals surface area contributed by atoms with Crippen LogP contribution in [0.5, 0.6) is 5.75 Å². The van der Waals surface area contributed by atoms with Crippen molar-refractivity contribution in [3.8, 4) is 5.75 Å². The molecular weight excluding hydrogens is 366 g/mol. The molecule has 6 nitrogen and oxygen atoms in total. The van der Waals surface area contributed by atoms with Gasteiger partial charge in [0.05, 0.1) is 26.5 Å². The summed E-state index contributed by atoms with van der Waals surface area (Å²) in [7, 11) is 1.71. The fourth-order valence-corrected chi connectivity index (χ4v) is 5.16. The average molecular weight is 402 g/mol. The number of carbonyl (C=O) groups excluding carboxylic acids is 1. The molecule has 3 atom stereocenters. The molecule has 29 heavy (non-hydrogen) atoms. The van der Waals surface area contributed by atoms with E-state index in [4.69, 9.17) is 9.47 Å². The van der Waals surface area contributed by atoms with Gasteiger partial charge in [-0.3, -0.25) is 14.6 Å². The zero-order valence-corrected chi connectivity index (χ0v) is 17.6. The summed E-state index contributed by atoms with van der Waals surface area (Å²) < 4.78 is 10.8. The SMILES string of the molecule is COc1ccc(C[C@H]2CCCCCN2C2CC(N3CCOCC3)CC(=O)N2)cc1. The Kier molecular flexibility index (Phi) is 7.06. The van der Waals surface area contributed by atoms with E-state index in [-0.39, 0.29) is 12.1 Å². The number of hydrogen-bond donors (Lipinski definition) is 1. The Balaban J connectivity index is 1.46. The second kappa shape index (κ2) is 9.92. The maximum Gasteiger partial charge on any atom is 0.222 e. The minimum absolute atomic E-state index is 0.144. The summed E-state index contributed by atoms with van der Waals surface area (Å²) in [4.78, 5) is 17.6. The highest BCUT2D eigenvalue weighted by Gasteiger charge is 2.36. The Bertz CT molecular complexity index is 660. The van der Waals surface area contributed by atoms with Crippen molar-refractivity contribution in [2.75, 3.05) is 40.0 Å². The molecule has 0 saturated carbocycles. The number of methoxy groups -OCH3 is 1. The number of likely N-dealkylation sites (tertiary alicyclic amines) is 1. The molecule has 1 aromatic rings. The third-order valence-electron chi connectivity index (χ3n) is 6.76. The lowest BCUT2D eigenvalue weighted by atomic mass is 9.96. The molecule has 0 spiro atoms. The van der Waals surface area contributed by atoms with Gasteiger partial charge in [0.15, 0.2) is 0 Å². The first-order chi connectivity index (χ1) is 14.2. The van der Waals surface area contributed by atoms with Gasteiger partial charge >= 0.3 is 0 Å². The van der Waals surface area contributed by atoms with Crippen LogP contribution in [0.15, 0.2) is 24.3 Å². The predicted octanol–water partition coefficient (Wildman–Crippen LogP) is 2.42. The largest absolute Gasteiger partial charge is 0.497 e. The normalized spacial score (nSPS) is 29.8. The first-order valence-electron chi connectivity index (χ1n) is 11.2. The number of carbonyl (C=O) groups is 1.